The highest BCUT2D eigenvalue weighted by Crippen LogP contribution is 2.17. The Morgan fingerprint density at radius 2 is 0.760 bits per heavy atom. The summed E-state index contributed by atoms with van der Waals surface area (Å²) in [5.41, 5.74) is 0. The number of carbonyl (C=O) groups excluding carboxylic acids is 3. The Balaban J connectivity index is 3.98. The lowest BCUT2D eigenvalue weighted by atomic mass is 10.0. The summed E-state index contributed by atoms with van der Waals surface area (Å²) >= 11 is 0. The molecule has 0 aromatic rings. The van der Waals surface area contributed by atoms with E-state index in [9.17, 15) is 19.5 Å². The fourth-order valence-corrected chi connectivity index (χ4v) is 8.68. The van der Waals surface area contributed by atoms with Gasteiger partial charge in [-0.25, -0.2) is 0 Å². The minimum Gasteiger partial charge on any atom is -0.545 e. The predicted octanol–water partition coefficient (Wildman–Crippen LogP) is 17.2. The van der Waals surface area contributed by atoms with Gasteiger partial charge in [0, 0.05) is 12.8 Å². The summed E-state index contributed by atoms with van der Waals surface area (Å²) in [4.78, 5) is 37.2. The Morgan fingerprint density at radius 1 is 0.413 bits per heavy atom. The van der Waals surface area contributed by atoms with Gasteiger partial charge in [0.25, 0.3) is 0 Å². The van der Waals surface area contributed by atoms with Crippen LogP contribution in [-0.2, 0) is 33.3 Å². The molecule has 0 amide bonds. The Kier molecular flexibility index (Phi) is 54.4. The monoisotopic (exact) mass is 1050 g/mol. The first kappa shape index (κ1) is 71.7. The Hall–Kier alpha value is -3.27. The zero-order chi connectivity index (χ0) is 54.8. The van der Waals surface area contributed by atoms with Gasteiger partial charge in [0.15, 0.2) is 12.4 Å². The van der Waals surface area contributed by atoms with Gasteiger partial charge in [-0.15, -0.1) is 0 Å². The summed E-state index contributed by atoms with van der Waals surface area (Å²) in [7, 11) is 5.92. The number of unbranched alkanes of at least 4 members (excludes halogenated alkanes) is 30. The number of carboxylic acid groups (broad SMARTS) is 1. The molecule has 0 aromatic carbocycles. The molecule has 0 fully saturated rings. The summed E-state index contributed by atoms with van der Waals surface area (Å²) in [6, 6.07) is 0. The predicted molar refractivity (Wildman–Crippen MR) is 315 cm³/mol. The molecule has 0 aliphatic carbocycles. The molecule has 0 spiro atoms. The highest BCUT2D eigenvalue weighted by atomic mass is 16.7. The van der Waals surface area contributed by atoms with Gasteiger partial charge in [-0.1, -0.05) is 254 Å². The maximum Gasteiger partial charge on any atom is 0.306 e. The van der Waals surface area contributed by atoms with Crippen molar-refractivity contribution in [3.63, 3.8) is 0 Å². The van der Waals surface area contributed by atoms with Crippen molar-refractivity contribution >= 4 is 17.9 Å². The van der Waals surface area contributed by atoms with E-state index < -0.39 is 24.3 Å². The van der Waals surface area contributed by atoms with E-state index in [1.807, 2.05) is 21.1 Å². The third kappa shape index (κ3) is 58.3. The molecule has 2 unspecified atom stereocenters. The van der Waals surface area contributed by atoms with Crippen LogP contribution in [0.4, 0.5) is 0 Å². The van der Waals surface area contributed by atoms with Crippen LogP contribution in [0.15, 0.2) is 72.9 Å². The number of rotatable bonds is 57. The number of hydrogen-bond donors (Lipinski definition) is 0. The summed E-state index contributed by atoms with van der Waals surface area (Å²) < 4.78 is 22.7. The van der Waals surface area contributed by atoms with Crippen LogP contribution in [0.1, 0.15) is 271 Å². The molecule has 0 N–H and O–H groups in total. The maximum absolute atomic E-state index is 12.9. The van der Waals surface area contributed by atoms with Crippen molar-refractivity contribution < 1.29 is 42.9 Å². The standard InChI is InChI=1S/C66H117NO8/c1-6-8-10-12-14-16-18-20-21-22-23-24-25-26-27-28-29-30-31-32-33-34-35-36-37-38-39-40-41-42-43-45-47-49-51-53-55-57-64(69)75-62(61-74-66(65(70)71)72-59-58-67(3,4)5)60-73-63(68)56-54-52-50-48-46-44-19-17-15-13-11-9-7-2/h8,10-11,13-14,16-17,19-21,23-24,62,66H,6-7,9,12,15,18,22,25-61H2,1-5H3/b10-8-,13-11-,16-14-,19-17-,21-20-,24-23-. The fourth-order valence-electron chi connectivity index (χ4n) is 8.68. The van der Waals surface area contributed by atoms with Crippen LogP contribution in [0, 0.1) is 0 Å². The molecule has 0 saturated heterocycles. The van der Waals surface area contributed by atoms with Crippen LogP contribution in [0.25, 0.3) is 0 Å². The van der Waals surface area contributed by atoms with E-state index in [0.29, 0.717) is 17.4 Å². The van der Waals surface area contributed by atoms with E-state index in [1.165, 1.54) is 148 Å². The van der Waals surface area contributed by atoms with E-state index >= 15 is 0 Å². The first-order chi connectivity index (χ1) is 36.6. The number of aliphatic carboxylic acids is 1. The van der Waals surface area contributed by atoms with Crippen molar-refractivity contribution in [1.82, 2.24) is 0 Å². The highest BCUT2D eigenvalue weighted by molar-refractivity contribution is 5.70. The molecule has 0 rings (SSSR count). The van der Waals surface area contributed by atoms with Crippen molar-refractivity contribution in [2.75, 3.05) is 47.5 Å². The van der Waals surface area contributed by atoms with Crippen molar-refractivity contribution in [3.8, 4) is 0 Å². The second-order valence-corrected chi connectivity index (χ2v) is 22.0. The molecule has 9 heteroatoms. The van der Waals surface area contributed by atoms with Crippen molar-refractivity contribution in [2.24, 2.45) is 0 Å². The van der Waals surface area contributed by atoms with Crippen molar-refractivity contribution in [3.05, 3.63) is 72.9 Å². The second kappa shape index (κ2) is 56.9. The minimum atomic E-state index is -1.62. The number of esters is 2. The Labute approximate surface area is 462 Å². The Morgan fingerprint density at radius 3 is 1.13 bits per heavy atom. The number of likely N-dealkylation sites (N-methyl/N-ethyl adjacent to an activating group) is 1. The maximum atomic E-state index is 12.9. The molecule has 0 heterocycles. The molecule has 75 heavy (non-hydrogen) atoms. The van der Waals surface area contributed by atoms with E-state index in [2.05, 4.69) is 86.8 Å². The summed E-state index contributed by atoms with van der Waals surface area (Å²) in [5.74, 6) is -2.29. The van der Waals surface area contributed by atoms with Crippen molar-refractivity contribution in [2.45, 2.75) is 283 Å². The van der Waals surface area contributed by atoms with Crippen LogP contribution in [-0.4, -0.2) is 82.3 Å². The van der Waals surface area contributed by atoms with Gasteiger partial charge in [-0.3, -0.25) is 9.59 Å². The lowest BCUT2D eigenvalue weighted by Crippen LogP contribution is -2.44. The largest absolute Gasteiger partial charge is 0.545 e. The number of hydrogen-bond acceptors (Lipinski definition) is 8. The first-order valence-electron chi connectivity index (χ1n) is 31.1. The van der Waals surface area contributed by atoms with Crippen LogP contribution >= 0.6 is 0 Å². The van der Waals surface area contributed by atoms with Gasteiger partial charge >= 0.3 is 11.9 Å². The van der Waals surface area contributed by atoms with Gasteiger partial charge in [0.2, 0.25) is 0 Å². The molecular weight excluding hydrogens is 935 g/mol. The number of carboxylic acids is 1. The zero-order valence-electron chi connectivity index (χ0n) is 49.4. The molecular formula is C66H117NO8. The smallest absolute Gasteiger partial charge is 0.306 e. The molecule has 0 aromatic heterocycles. The number of nitrogens with zero attached hydrogens (tertiary/aromatic N) is 1. The van der Waals surface area contributed by atoms with Gasteiger partial charge in [-0.05, 0) is 77.0 Å². The SMILES string of the molecule is CC/C=C\C/C=C\C/C=C\C/C=C\CCCCCCCCCCCCCCCCCCCCCCCCCCC(=O)OC(COC(=O)CCCCCCC/C=C\C/C=C\CCC)COC(OCC[N+](C)(C)C)C(=O)[O-]. The van der Waals surface area contributed by atoms with Crippen LogP contribution in [0.2, 0.25) is 0 Å². The van der Waals surface area contributed by atoms with E-state index in [1.54, 1.807) is 0 Å². The quantitative estimate of drug-likeness (QED) is 0.0195. The average Bonchev–Trinajstić information content (AvgIpc) is 3.38. The molecule has 0 bridgehead atoms. The number of ether oxygens (including phenoxy) is 4. The van der Waals surface area contributed by atoms with E-state index in [4.69, 9.17) is 18.9 Å². The van der Waals surface area contributed by atoms with Crippen LogP contribution in [0.5, 0.6) is 0 Å². The number of allylic oxidation sites excluding steroid dienone is 12. The summed E-state index contributed by atoms with van der Waals surface area (Å²) in [5, 5.41) is 11.8. The first-order valence-corrected chi connectivity index (χ1v) is 31.1. The lowest BCUT2D eigenvalue weighted by Gasteiger charge is -2.26. The second-order valence-electron chi connectivity index (χ2n) is 22.0. The molecule has 0 radical (unpaired) electrons. The number of quaternary nitrogens is 1. The minimum absolute atomic E-state index is 0.145. The van der Waals surface area contributed by atoms with Crippen LogP contribution < -0.4 is 5.11 Å². The molecule has 2 atom stereocenters. The van der Waals surface area contributed by atoms with Crippen molar-refractivity contribution in [1.29, 1.82) is 0 Å². The summed E-state index contributed by atoms with van der Waals surface area (Å²) in [6.45, 7) is 4.57. The van der Waals surface area contributed by atoms with Gasteiger partial charge in [-0.2, -0.15) is 0 Å². The summed E-state index contributed by atoms with van der Waals surface area (Å²) in [6.07, 6.45) is 71.3. The van der Waals surface area contributed by atoms with Gasteiger partial charge in [0.05, 0.1) is 40.3 Å². The van der Waals surface area contributed by atoms with Gasteiger partial charge in [0.1, 0.15) is 13.2 Å². The highest BCUT2D eigenvalue weighted by Gasteiger charge is 2.22. The number of carbonyl (C=O) groups is 3. The molecule has 434 valence electrons. The van der Waals surface area contributed by atoms with Crippen LogP contribution in [0.3, 0.4) is 0 Å². The topological polar surface area (TPSA) is 111 Å². The van der Waals surface area contributed by atoms with Gasteiger partial charge < -0.3 is 33.3 Å². The normalized spacial score (nSPS) is 13.2. The Bertz CT molecular complexity index is 1460. The third-order valence-corrected chi connectivity index (χ3v) is 13.4. The lowest BCUT2D eigenvalue weighted by molar-refractivity contribution is -0.870. The molecule has 0 saturated carbocycles. The average molecular weight is 1050 g/mol. The van der Waals surface area contributed by atoms with E-state index in [0.717, 1.165) is 89.9 Å². The molecule has 9 nitrogen and oxygen atoms in total. The zero-order valence-corrected chi connectivity index (χ0v) is 49.4. The molecule has 0 aliphatic rings. The fraction of sp³-hybridized carbons (Fsp3) is 0.773. The van der Waals surface area contributed by atoms with E-state index in [-0.39, 0.29) is 38.6 Å². The molecule has 0 aliphatic heterocycles. The third-order valence-electron chi connectivity index (χ3n) is 13.4.